The predicted octanol–water partition coefficient (Wildman–Crippen LogP) is 4.42. The van der Waals surface area contributed by atoms with Crippen LogP contribution in [0.2, 0.25) is 0 Å². The van der Waals surface area contributed by atoms with Crippen LogP contribution >= 0.6 is 0 Å². The molecule has 0 saturated carbocycles. The molecule has 0 saturated heterocycles. The van der Waals surface area contributed by atoms with E-state index in [9.17, 15) is 14.9 Å². The molecule has 1 aromatic heterocycles. The number of carbonyl (C=O) groups is 1. The van der Waals surface area contributed by atoms with E-state index in [4.69, 9.17) is 19.6 Å². The van der Waals surface area contributed by atoms with Gasteiger partial charge in [-0.25, -0.2) is 4.99 Å². The number of nitro benzene ring substituents is 1. The zero-order valence-corrected chi connectivity index (χ0v) is 18.8. The SMILES string of the molecule is CCOC(=O)C1C(C)=Nc2c(c(-c3ccc(OC)cc3)nn2C)C1c1cccc([N+](=O)[O-])c1. The van der Waals surface area contributed by atoms with Gasteiger partial charge in [-0.15, -0.1) is 0 Å². The molecule has 170 valence electrons. The minimum absolute atomic E-state index is 0.0493. The van der Waals surface area contributed by atoms with Gasteiger partial charge in [0.25, 0.3) is 5.69 Å². The zero-order valence-electron chi connectivity index (χ0n) is 18.8. The first kappa shape index (κ1) is 22.2. The van der Waals surface area contributed by atoms with E-state index in [0.717, 1.165) is 11.1 Å². The van der Waals surface area contributed by atoms with Gasteiger partial charge in [0.1, 0.15) is 11.7 Å². The molecule has 0 radical (unpaired) electrons. The van der Waals surface area contributed by atoms with E-state index in [1.807, 2.05) is 24.3 Å². The van der Waals surface area contributed by atoms with E-state index in [0.29, 0.717) is 28.5 Å². The number of methoxy groups -OCH3 is 1. The Bertz CT molecular complexity index is 1250. The summed E-state index contributed by atoms with van der Waals surface area (Å²) in [5.74, 6) is -0.402. The average molecular weight is 448 g/mol. The molecule has 0 bridgehead atoms. The van der Waals surface area contributed by atoms with Gasteiger partial charge in [-0.05, 0) is 43.7 Å². The highest BCUT2D eigenvalue weighted by atomic mass is 16.6. The van der Waals surface area contributed by atoms with Crippen LogP contribution in [-0.4, -0.2) is 40.1 Å². The monoisotopic (exact) mass is 448 g/mol. The fraction of sp³-hybridized carbons (Fsp3) is 0.292. The number of esters is 1. The molecule has 0 fully saturated rings. The number of aliphatic imine (C=N–C) groups is 1. The molecule has 2 heterocycles. The molecule has 2 atom stereocenters. The van der Waals surface area contributed by atoms with Crippen molar-refractivity contribution in [3.8, 4) is 17.0 Å². The van der Waals surface area contributed by atoms with Crippen molar-refractivity contribution in [1.29, 1.82) is 0 Å². The second-order valence-corrected chi connectivity index (χ2v) is 7.75. The Labute approximate surface area is 190 Å². The molecule has 1 aliphatic heterocycles. The van der Waals surface area contributed by atoms with Crippen LogP contribution in [0.25, 0.3) is 11.3 Å². The molecule has 0 aliphatic carbocycles. The van der Waals surface area contributed by atoms with Crippen molar-refractivity contribution in [3.63, 3.8) is 0 Å². The lowest BCUT2D eigenvalue weighted by Gasteiger charge is -2.30. The first-order valence-electron chi connectivity index (χ1n) is 10.5. The van der Waals surface area contributed by atoms with Gasteiger partial charge in [0.15, 0.2) is 5.82 Å². The maximum Gasteiger partial charge on any atom is 0.315 e. The molecule has 0 amide bonds. The summed E-state index contributed by atoms with van der Waals surface area (Å²) in [7, 11) is 3.38. The maximum atomic E-state index is 13.1. The van der Waals surface area contributed by atoms with Crippen molar-refractivity contribution in [2.75, 3.05) is 13.7 Å². The summed E-state index contributed by atoms with van der Waals surface area (Å²) < 4.78 is 12.3. The Kier molecular flexibility index (Phi) is 5.95. The Morgan fingerprint density at radius 1 is 1.21 bits per heavy atom. The molecule has 2 aromatic carbocycles. The summed E-state index contributed by atoms with van der Waals surface area (Å²) in [5, 5.41) is 16.2. The first-order chi connectivity index (χ1) is 15.8. The minimum Gasteiger partial charge on any atom is -0.497 e. The third kappa shape index (κ3) is 3.97. The molecule has 33 heavy (non-hydrogen) atoms. The van der Waals surface area contributed by atoms with Crippen LogP contribution in [0.5, 0.6) is 5.75 Å². The van der Waals surface area contributed by atoms with Gasteiger partial charge in [-0.3, -0.25) is 19.6 Å². The summed E-state index contributed by atoms with van der Waals surface area (Å²) in [6.45, 7) is 3.73. The van der Waals surface area contributed by atoms with Crippen molar-refractivity contribution < 1.29 is 19.2 Å². The fourth-order valence-corrected chi connectivity index (χ4v) is 4.29. The third-order valence-corrected chi connectivity index (χ3v) is 5.77. The van der Waals surface area contributed by atoms with Crippen molar-refractivity contribution in [1.82, 2.24) is 9.78 Å². The second kappa shape index (κ2) is 8.85. The van der Waals surface area contributed by atoms with Gasteiger partial charge in [0, 0.05) is 41.9 Å². The molecule has 2 unspecified atom stereocenters. The van der Waals surface area contributed by atoms with Gasteiger partial charge in [0.2, 0.25) is 0 Å². The van der Waals surface area contributed by atoms with Crippen LogP contribution in [0.4, 0.5) is 11.5 Å². The number of hydrogen-bond acceptors (Lipinski definition) is 7. The molecule has 0 N–H and O–H groups in total. The number of nitrogens with zero attached hydrogens (tertiary/aromatic N) is 4. The quantitative estimate of drug-likeness (QED) is 0.314. The molecule has 0 spiro atoms. The molecule has 4 rings (SSSR count). The van der Waals surface area contributed by atoms with E-state index in [1.54, 1.807) is 44.8 Å². The number of aryl methyl sites for hydroxylation is 1. The summed E-state index contributed by atoms with van der Waals surface area (Å²) in [6.07, 6.45) is 0. The predicted molar refractivity (Wildman–Crippen MR) is 123 cm³/mol. The van der Waals surface area contributed by atoms with Crippen molar-refractivity contribution >= 4 is 23.2 Å². The van der Waals surface area contributed by atoms with Crippen LogP contribution in [-0.2, 0) is 16.6 Å². The maximum absolute atomic E-state index is 13.1. The lowest BCUT2D eigenvalue weighted by atomic mass is 9.75. The van der Waals surface area contributed by atoms with Crippen LogP contribution in [0.1, 0.15) is 30.9 Å². The van der Waals surface area contributed by atoms with E-state index in [-0.39, 0.29) is 12.3 Å². The van der Waals surface area contributed by atoms with E-state index in [2.05, 4.69) is 0 Å². The van der Waals surface area contributed by atoms with Crippen molar-refractivity contribution in [2.24, 2.45) is 18.0 Å². The Morgan fingerprint density at radius 3 is 2.58 bits per heavy atom. The van der Waals surface area contributed by atoms with E-state index < -0.39 is 22.7 Å². The number of non-ortho nitro benzene ring substituents is 1. The molecular formula is C24H24N4O5. The first-order valence-corrected chi connectivity index (χ1v) is 10.5. The molecular weight excluding hydrogens is 424 g/mol. The summed E-state index contributed by atoms with van der Waals surface area (Å²) in [5.41, 5.74) is 3.35. The van der Waals surface area contributed by atoms with Gasteiger partial charge >= 0.3 is 5.97 Å². The van der Waals surface area contributed by atoms with Gasteiger partial charge in [-0.1, -0.05) is 12.1 Å². The Hall–Kier alpha value is -4.01. The van der Waals surface area contributed by atoms with Crippen LogP contribution in [0.3, 0.4) is 0 Å². The Balaban J connectivity index is 1.97. The van der Waals surface area contributed by atoms with Crippen LogP contribution in [0, 0.1) is 16.0 Å². The lowest BCUT2D eigenvalue weighted by molar-refractivity contribution is -0.384. The van der Waals surface area contributed by atoms with Crippen LogP contribution < -0.4 is 4.74 Å². The third-order valence-electron chi connectivity index (χ3n) is 5.77. The average Bonchev–Trinajstić information content (AvgIpc) is 3.14. The highest BCUT2D eigenvalue weighted by Crippen LogP contribution is 2.47. The fourth-order valence-electron chi connectivity index (χ4n) is 4.29. The number of ether oxygens (including phenoxy) is 2. The summed E-state index contributed by atoms with van der Waals surface area (Å²) >= 11 is 0. The standard InChI is InChI=1S/C24H24N4O5/c1-5-33-24(29)19-14(2)25-23-21(20(19)16-7-6-8-17(13-16)28(30)31)22(26-27(23)3)15-9-11-18(32-4)12-10-15/h6-13,19-20H,5H2,1-4H3. The highest BCUT2D eigenvalue weighted by Gasteiger charge is 2.42. The number of carbonyl (C=O) groups excluding carboxylic acids is 1. The number of aromatic nitrogens is 2. The number of hydrogen-bond donors (Lipinski definition) is 0. The Morgan fingerprint density at radius 2 is 1.94 bits per heavy atom. The van der Waals surface area contributed by atoms with Gasteiger partial charge < -0.3 is 9.47 Å². The van der Waals surface area contributed by atoms with Gasteiger partial charge in [-0.2, -0.15) is 5.10 Å². The number of benzene rings is 2. The molecule has 1 aliphatic rings. The largest absolute Gasteiger partial charge is 0.497 e. The van der Waals surface area contributed by atoms with Gasteiger partial charge in [0.05, 0.1) is 24.3 Å². The number of nitro groups is 1. The van der Waals surface area contributed by atoms with E-state index >= 15 is 0 Å². The second-order valence-electron chi connectivity index (χ2n) is 7.75. The lowest BCUT2D eigenvalue weighted by Crippen LogP contribution is -2.33. The highest BCUT2D eigenvalue weighted by molar-refractivity contribution is 6.05. The zero-order chi connectivity index (χ0) is 23.7. The van der Waals surface area contributed by atoms with Crippen molar-refractivity contribution in [3.05, 3.63) is 69.8 Å². The van der Waals surface area contributed by atoms with Crippen molar-refractivity contribution in [2.45, 2.75) is 19.8 Å². The normalized spacial score (nSPS) is 17.2. The number of rotatable bonds is 6. The number of fused-ring (bicyclic) bond motifs is 1. The molecule has 9 nitrogen and oxygen atoms in total. The summed E-state index contributed by atoms with van der Waals surface area (Å²) in [4.78, 5) is 28.8. The summed E-state index contributed by atoms with van der Waals surface area (Å²) in [6, 6.07) is 13.8. The van der Waals surface area contributed by atoms with Crippen LogP contribution in [0.15, 0.2) is 53.5 Å². The minimum atomic E-state index is -0.736. The molecule has 9 heteroatoms. The topological polar surface area (TPSA) is 109 Å². The van der Waals surface area contributed by atoms with E-state index in [1.165, 1.54) is 12.1 Å². The smallest absolute Gasteiger partial charge is 0.315 e. The molecule has 3 aromatic rings.